The van der Waals surface area contributed by atoms with E-state index in [4.69, 9.17) is 5.73 Å². The zero-order chi connectivity index (χ0) is 16.2. The molecular formula is C16H19FN4OS. The molecule has 0 atom stereocenters. The molecule has 2 N–H and O–H groups in total. The summed E-state index contributed by atoms with van der Waals surface area (Å²) in [5.41, 5.74) is 7.04. The van der Waals surface area contributed by atoms with Gasteiger partial charge in [-0.1, -0.05) is 0 Å². The zero-order valence-corrected chi connectivity index (χ0v) is 13.6. The quantitative estimate of drug-likeness (QED) is 0.901. The first-order chi connectivity index (χ1) is 11.1. The molecule has 7 heteroatoms. The van der Waals surface area contributed by atoms with Gasteiger partial charge < -0.3 is 5.73 Å². The van der Waals surface area contributed by atoms with Crippen LogP contribution in [0.15, 0.2) is 29.6 Å². The molecule has 0 saturated carbocycles. The Balaban J connectivity index is 1.56. The van der Waals surface area contributed by atoms with Crippen molar-refractivity contribution in [2.75, 3.05) is 32.7 Å². The molecule has 0 spiro atoms. The van der Waals surface area contributed by atoms with Crippen LogP contribution < -0.4 is 5.73 Å². The number of nitrogens with zero attached hydrogens (tertiary/aromatic N) is 3. The molecule has 2 aromatic rings. The first-order valence-electron chi connectivity index (χ1n) is 7.53. The van der Waals surface area contributed by atoms with E-state index in [0.717, 1.165) is 49.0 Å². The Morgan fingerprint density at radius 3 is 2.48 bits per heavy atom. The fourth-order valence-corrected chi connectivity index (χ4v) is 3.50. The number of carbonyl (C=O) groups excluding carboxylic acids is 1. The molecule has 1 saturated heterocycles. The van der Waals surface area contributed by atoms with E-state index < -0.39 is 0 Å². The van der Waals surface area contributed by atoms with Crippen molar-refractivity contribution in [2.24, 2.45) is 5.73 Å². The first-order valence-corrected chi connectivity index (χ1v) is 8.41. The summed E-state index contributed by atoms with van der Waals surface area (Å²) in [5.74, 6) is -0.514. The smallest absolute Gasteiger partial charge is 0.231 e. The molecule has 1 fully saturated rings. The lowest BCUT2D eigenvalue weighted by Gasteiger charge is -2.33. The summed E-state index contributed by atoms with van der Waals surface area (Å²) in [6, 6.07) is 6.39. The van der Waals surface area contributed by atoms with Crippen LogP contribution in [0.2, 0.25) is 0 Å². The second-order valence-corrected chi connectivity index (χ2v) is 6.59. The highest BCUT2D eigenvalue weighted by Gasteiger charge is 2.19. The third-order valence-electron chi connectivity index (χ3n) is 3.89. The minimum atomic E-state index is -0.276. The molecule has 1 aliphatic heterocycles. The van der Waals surface area contributed by atoms with Crippen molar-refractivity contribution >= 4 is 17.2 Å². The van der Waals surface area contributed by atoms with Gasteiger partial charge in [0.25, 0.3) is 0 Å². The maximum absolute atomic E-state index is 13.0. The topological polar surface area (TPSA) is 62.5 Å². The lowest BCUT2D eigenvalue weighted by molar-refractivity contribution is -0.119. The highest BCUT2D eigenvalue weighted by atomic mass is 32.1. The predicted molar refractivity (Wildman–Crippen MR) is 88.4 cm³/mol. The standard InChI is InChI=1S/C16H19FN4OS/c17-13-3-1-12(2-4-13)14-11-23-16(19-14)10-21-7-5-20(6-8-21)9-15(18)22/h1-4,11H,5-10H2,(H2,18,22). The number of rotatable bonds is 5. The van der Waals surface area contributed by atoms with Crippen LogP contribution >= 0.6 is 11.3 Å². The Morgan fingerprint density at radius 2 is 1.83 bits per heavy atom. The number of benzene rings is 1. The van der Waals surface area contributed by atoms with Crippen LogP contribution in [0.1, 0.15) is 5.01 Å². The van der Waals surface area contributed by atoms with Gasteiger partial charge in [0.05, 0.1) is 18.8 Å². The van der Waals surface area contributed by atoms with Crippen molar-refractivity contribution in [2.45, 2.75) is 6.54 Å². The summed E-state index contributed by atoms with van der Waals surface area (Å²) < 4.78 is 13.0. The molecular weight excluding hydrogens is 315 g/mol. The van der Waals surface area contributed by atoms with Crippen LogP contribution in [0, 0.1) is 5.82 Å². The van der Waals surface area contributed by atoms with Gasteiger partial charge in [-0.3, -0.25) is 14.6 Å². The number of thiazole rings is 1. The number of hydrogen-bond donors (Lipinski definition) is 1. The molecule has 23 heavy (non-hydrogen) atoms. The van der Waals surface area contributed by atoms with E-state index in [-0.39, 0.29) is 11.7 Å². The Labute approximate surface area is 138 Å². The number of carbonyl (C=O) groups is 1. The monoisotopic (exact) mass is 334 g/mol. The van der Waals surface area contributed by atoms with Gasteiger partial charge in [-0.2, -0.15) is 0 Å². The lowest BCUT2D eigenvalue weighted by atomic mass is 10.2. The Morgan fingerprint density at radius 1 is 1.17 bits per heavy atom. The summed E-state index contributed by atoms with van der Waals surface area (Å²) >= 11 is 1.62. The van der Waals surface area contributed by atoms with Crippen molar-refractivity contribution < 1.29 is 9.18 Å². The minimum absolute atomic E-state index is 0.238. The van der Waals surface area contributed by atoms with E-state index in [2.05, 4.69) is 14.8 Å². The van der Waals surface area contributed by atoms with Gasteiger partial charge in [-0.25, -0.2) is 9.37 Å². The summed E-state index contributed by atoms with van der Waals surface area (Å²) in [4.78, 5) is 20.0. The van der Waals surface area contributed by atoms with Crippen molar-refractivity contribution in [1.82, 2.24) is 14.8 Å². The summed E-state index contributed by atoms with van der Waals surface area (Å²) in [5, 5.41) is 3.05. The van der Waals surface area contributed by atoms with Gasteiger partial charge in [-0.15, -0.1) is 11.3 Å². The number of primary amides is 1. The van der Waals surface area contributed by atoms with Gasteiger partial charge >= 0.3 is 0 Å². The molecule has 0 bridgehead atoms. The van der Waals surface area contributed by atoms with Crippen LogP contribution in [0.3, 0.4) is 0 Å². The van der Waals surface area contributed by atoms with Gasteiger partial charge in [0.15, 0.2) is 0 Å². The first kappa shape index (κ1) is 16.0. The number of nitrogens with two attached hydrogens (primary N) is 1. The van der Waals surface area contributed by atoms with Crippen LogP contribution in [0.4, 0.5) is 4.39 Å². The van der Waals surface area contributed by atoms with Gasteiger partial charge in [0, 0.05) is 37.1 Å². The van der Waals surface area contributed by atoms with Crippen LogP contribution in [-0.4, -0.2) is 53.4 Å². The van der Waals surface area contributed by atoms with Crippen molar-refractivity contribution in [3.8, 4) is 11.3 Å². The third kappa shape index (κ3) is 4.34. The molecule has 1 aromatic heterocycles. The number of aromatic nitrogens is 1. The van der Waals surface area contributed by atoms with Gasteiger partial charge in [0.1, 0.15) is 10.8 Å². The van der Waals surface area contributed by atoms with Crippen molar-refractivity contribution in [3.63, 3.8) is 0 Å². The summed E-state index contributed by atoms with van der Waals surface area (Å²) in [7, 11) is 0. The van der Waals surface area contributed by atoms with Crippen LogP contribution in [0.5, 0.6) is 0 Å². The number of amides is 1. The molecule has 1 aliphatic rings. The molecule has 0 unspecified atom stereocenters. The normalized spacial score (nSPS) is 16.6. The fraction of sp³-hybridized carbons (Fsp3) is 0.375. The summed E-state index contributed by atoms with van der Waals surface area (Å²) in [6.07, 6.45) is 0. The van der Waals surface area contributed by atoms with Crippen molar-refractivity contribution in [3.05, 3.63) is 40.5 Å². The second-order valence-electron chi connectivity index (χ2n) is 5.65. The fourth-order valence-electron chi connectivity index (χ4n) is 2.65. The van der Waals surface area contributed by atoms with E-state index in [1.165, 1.54) is 12.1 Å². The number of piperazine rings is 1. The Hall–Kier alpha value is -1.83. The Kier molecular flexibility index (Phi) is 5.00. The van der Waals surface area contributed by atoms with Crippen LogP contribution in [0.25, 0.3) is 11.3 Å². The molecule has 0 aliphatic carbocycles. The molecule has 2 heterocycles. The SMILES string of the molecule is NC(=O)CN1CCN(Cc2nc(-c3ccc(F)cc3)cs2)CC1. The predicted octanol–water partition coefficient (Wildman–Crippen LogP) is 1.55. The lowest BCUT2D eigenvalue weighted by Crippen LogP contribution is -2.48. The van der Waals surface area contributed by atoms with Crippen molar-refractivity contribution in [1.29, 1.82) is 0 Å². The number of halogens is 1. The van der Waals surface area contributed by atoms with Crippen LogP contribution in [-0.2, 0) is 11.3 Å². The van der Waals surface area contributed by atoms with E-state index in [0.29, 0.717) is 6.54 Å². The molecule has 1 aromatic carbocycles. The van der Waals surface area contributed by atoms with E-state index in [1.54, 1.807) is 23.5 Å². The number of hydrogen-bond acceptors (Lipinski definition) is 5. The molecule has 5 nitrogen and oxygen atoms in total. The highest BCUT2D eigenvalue weighted by Crippen LogP contribution is 2.23. The molecule has 1 amide bonds. The highest BCUT2D eigenvalue weighted by molar-refractivity contribution is 7.09. The zero-order valence-electron chi connectivity index (χ0n) is 12.7. The average molecular weight is 334 g/mol. The maximum Gasteiger partial charge on any atom is 0.231 e. The van der Waals surface area contributed by atoms with Gasteiger partial charge in [0.2, 0.25) is 5.91 Å². The Bertz CT molecular complexity index is 665. The van der Waals surface area contributed by atoms with E-state index in [1.807, 2.05) is 5.38 Å². The minimum Gasteiger partial charge on any atom is -0.369 e. The largest absolute Gasteiger partial charge is 0.369 e. The average Bonchev–Trinajstić information content (AvgIpc) is 2.98. The molecule has 3 rings (SSSR count). The maximum atomic E-state index is 13.0. The van der Waals surface area contributed by atoms with E-state index >= 15 is 0 Å². The molecule has 0 radical (unpaired) electrons. The van der Waals surface area contributed by atoms with Gasteiger partial charge in [-0.05, 0) is 24.3 Å². The van der Waals surface area contributed by atoms with E-state index in [9.17, 15) is 9.18 Å². The second kappa shape index (κ2) is 7.16. The summed E-state index contributed by atoms with van der Waals surface area (Å²) in [6.45, 7) is 4.63. The third-order valence-corrected chi connectivity index (χ3v) is 4.73. The molecule has 122 valence electrons.